The van der Waals surface area contributed by atoms with E-state index in [-0.39, 0.29) is 11.8 Å². The molecule has 0 bridgehead atoms. The summed E-state index contributed by atoms with van der Waals surface area (Å²) in [5.41, 5.74) is 3.24. The molecule has 0 N–H and O–H groups in total. The molecule has 0 aliphatic carbocycles. The van der Waals surface area contributed by atoms with E-state index in [0.717, 1.165) is 41.6 Å². The predicted molar refractivity (Wildman–Crippen MR) is 102 cm³/mol. The van der Waals surface area contributed by atoms with E-state index in [0.29, 0.717) is 31.8 Å². The summed E-state index contributed by atoms with van der Waals surface area (Å²) in [5.74, 6) is 1.86. The lowest BCUT2D eigenvalue weighted by molar-refractivity contribution is 0.0716. The Kier molecular flexibility index (Phi) is 4.24. The zero-order valence-electron chi connectivity index (χ0n) is 15.8. The number of oxazole rings is 1. The Bertz CT molecular complexity index is 1000. The van der Waals surface area contributed by atoms with Gasteiger partial charge in [0.05, 0.1) is 24.8 Å². The maximum atomic E-state index is 13.1. The van der Waals surface area contributed by atoms with E-state index in [4.69, 9.17) is 9.15 Å². The molecule has 1 fully saturated rings. The molecule has 1 saturated heterocycles. The third-order valence-corrected chi connectivity index (χ3v) is 5.48. The Morgan fingerprint density at radius 3 is 2.89 bits per heavy atom. The summed E-state index contributed by atoms with van der Waals surface area (Å²) in [6.45, 7) is 2.51. The van der Waals surface area contributed by atoms with Crippen LogP contribution in [0, 0.1) is 0 Å². The molecule has 5 rings (SSSR count). The van der Waals surface area contributed by atoms with Crippen LogP contribution in [0.2, 0.25) is 0 Å². The van der Waals surface area contributed by atoms with Gasteiger partial charge in [0.25, 0.3) is 5.91 Å². The fraction of sp³-hybridized carbons (Fsp3) is 0.381. The third kappa shape index (κ3) is 3.01. The fourth-order valence-electron chi connectivity index (χ4n) is 3.88. The number of carbonyl (C=O) groups excluding carboxylic acids is 1. The number of fused-ring (bicyclic) bond motifs is 1. The number of carbonyl (C=O) groups is 1. The van der Waals surface area contributed by atoms with Crippen molar-refractivity contribution in [3.63, 3.8) is 0 Å². The largest absolute Gasteiger partial charge is 0.445 e. The van der Waals surface area contributed by atoms with E-state index in [1.165, 1.54) is 0 Å². The number of nitrogens with zero attached hydrogens (tertiary/aromatic N) is 4. The molecular formula is C21H22N4O3. The fourth-order valence-corrected chi connectivity index (χ4v) is 3.88. The second-order valence-electron chi connectivity index (χ2n) is 7.36. The molecule has 2 aromatic heterocycles. The average molecular weight is 378 g/mol. The smallest absolute Gasteiger partial charge is 0.272 e. The van der Waals surface area contributed by atoms with Crippen LogP contribution in [0.25, 0.3) is 11.3 Å². The maximum absolute atomic E-state index is 13.1. The average Bonchev–Trinajstić information content (AvgIpc) is 3.46. The molecule has 1 unspecified atom stereocenters. The summed E-state index contributed by atoms with van der Waals surface area (Å²) >= 11 is 0. The first-order valence-corrected chi connectivity index (χ1v) is 9.64. The number of ether oxygens (including phenoxy) is 1. The highest BCUT2D eigenvalue weighted by Gasteiger charge is 2.30. The Morgan fingerprint density at radius 2 is 2.11 bits per heavy atom. The van der Waals surface area contributed by atoms with Crippen LogP contribution in [0.15, 0.2) is 40.8 Å². The Hall–Kier alpha value is -2.93. The number of hydrogen-bond donors (Lipinski definition) is 0. The van der Waals surface area contributed by atoms with Crippen molar-refractivity contribution in [3.05, 3.63) is 59.4 Å². The molecule has 1 amide bonds. The molecule has 2 aliphatic heterocycles. The van der Waals surface area contributed by atoms with Crippen molar-refractivity contribution in [2.45, 2.75) is 25.3 Å². The lowest BCUT2D eigenvalue weighted by atomic mass is 10.1. The number of aromatic nitrogens is 3. The lowest BCUT2D eigenvalue weighted by Crippen LogP contribution is -2.36. The molecule has 1 atom stereocenters. The molecule has 0 spiro atoms. The summed E-state index contributed by atoms with van der Waals surface area (Å²) in [5, 5.41) is 4.52. The molecule has 3 aromatic rings. The minimum Gasteiger partial charge on any atom is -0.445 e. The predicted octanol–water partition coefficient (Wildman–Crippen LogP) is 2.78. The molecule has 0 saturated carbocycles. The van der Waals surface area contributed by atoms with Crippen LogP contribution in [-0.2, 0) is 24.8 Å². The van der Waals surface area contributed by atoms with E-state index in [1.807, 2.05) is 48.3 Å². The van der Waals surface area contributed by atoms with E-state index in [2.05, 4.69) is 10.1 Å². The second kappa shape index (κ2) is 6.91. The Balaban J connectivity index is 1.36. The number of rotatable bonds is 3. The summed E-state index contributed by atoms with van der Waals surface area (Å²) in [6, 6.07) is 11.7. The molecule has 4 heterocycles. The van der Waals surface area contributed by atoms with Crippen molar-refractivity contribution in [1.82, 2.24) is 19.7 Å². The van der Waals surface area contributed by atoms with E-state index >= 15 is 0 Å². The minimum atomic E-state index is -0.0309. The van der Waals surface area contributed by atoms with E-state index < -0.39 is 0 Å². The van der Waals surface area contributed by atoms with E-state index in [9.17, 15) is 4.79 Å². The first-order chi connectivity index (χ1) is 13.7. The van der Waals surface area contributed by atoms with Gasteiger partial charge < -0.3 is 14.1 Å². The number of amides is 1. The normalized spacial score (nSPS) is 19.0. The van der Waals surface area contributed by atoms with Gasteiger partial charge in [0.2, 0.25) is 0 Å². The topological polar surface area (TPSA) is 73.4 Å². The van der Waals surface area contributed by atoms with Crippen molar-refractivity contribution < 1.29 is 13.9 Å². The highest BCUT2D eigenvalue weighted by molar-refractivity contribution is 5.93. The Morgan fingerprint density at radius 1 is 1.25 bits per heavy atom. The van der Waals surface area contributed by atoms with Gasteiger partial charge in [0.1, 0.15) is 17.1 Å². The van der Waals surface area contributed by atoms with Crippen LogP contribution in [-0.4, -0.2) is 45.3 Å². The van der Waals surface area contributed by atoms with E-state index in [1.54, 1.807) is 4.68 Å². The first kappa shape index (κ1) is 17.2. The summed E-state index contributed by atoms with van der Waals surface area (Å²) in [6.07, 6.45) is 1.63. The van der Waals surface area contributed by atoms with Gasteiger partial charge in [-0.05, 0) is 12.5 Å². The van der Waals surface area contributed by atoms with Crippen LogP contribution in [0.4, 0.5) is 0 Å². The van der Waals surface area contributed by atoms with Gasteiger partial charge in [-0.15, -0.1) is 0 Å². The molecule has 2 aliphatic rings. The molecule has 0 radical (unpaired) electrons. The monoisotopic (exact) mass is 378 g/mol. The van der Waals surface area contributed by atoms with Gasteiger partial charge in [0.15, 0.2) is 5.89 Å². The summed E-state index contributed by atoms with van der Waals surface area (Å²) in [7, 11) is 1.81. The minimum absolute atomic E-state index is 0.0309. The standard InChI is InChI=1S/C21H22N4O3/c1-24-18(11-16(23-24)14-5-3-2-4-6-14)21(26)25-9-7-19-17(12-25)22-20(28-19)15-8-10-27-13-15/h2-6,11,15H,7-10,12-13H2,1H3. The zero-order chi connectivity index (χ0) is 19.1. The van der Waals surface area contributed by atoms with Crippen molar-refractivity contribution in [3.8, 4) is 11.3 Å². The Labute approximate surface area is 162 Å². The van der Waals surface area contributed by atoms with Crippen molar-refractivity contribution in [2.75, 3.05) is 19.8 Å². The molecule has 144 valence electrons. The van der Waals surface area contributed by atoms with Crippen molar-refractivity contribution in [1.29, 1.82) is 0 Å². The number of hydrogen-bond acceptors (Lipinski definition) is 5. The molecule has 7 nitrogen and oxygen atoms in total. The lowest BCUT2D eigenvalue weighted by Gasteiger charge is -2.25. The van der Waals surface area contributed by atoms with Crippen molar-refractivity contribution in [2.24, 2.45) is 7.05 Å². The molecule has 28 heavy (non-hydrogen) atoms. The molecule has 7 heteroatoms. The highest BCUT2D eigenvalue weighted by atomic mass is 16.5. The van der Waals surface area contributed by atoms with Gasteiger partial charge in [-0.2, -0.15) is 5.10 Å². The molecule has 1 aromatic carbocycles. The number of aryl methyl sites for hydroxylation is 1. The highest BCUT2D eigenvalue weighted by Crippen LogP contribution is 2.29. The molecular weight excluding hydrogens is 356 g/mol. The van der Waals surface area contributed by atoms with Gasteiger partial charge in [-0.3, -0.25) is 9.48 Å². The van der Waals surface area contributed by atoms with Gasteiger partial charge >= 0.3 is 0 Å². The zero-order valence-corrected chi connectivity index (χ0v) is 15.8. The van der Waals surface area contributed by atoms with Crippen LogP contribution in [0.3, 0.4) is 0 Å². The third-order valence-electron chi connectivity index (χ3n) is 5.48. The van der Waals surface area contributed by atoms with Crippen molar-refractivity contribution >= 4 is 5.91 Å². The second-order valence-corrected chi connectivity index (χ2v) is 7.36. The summed E-state index contributed by atoms with van der Waals surface area (Å²) in [4.78, 5) is 19.6. The van der Waals surface area contributed by atoms with Gasteiger partial charge in [0, 0.05) is 32.2 Å². The van der Waals surface area contributed by atoms with Crippen LogP contribution < -0.4 is 0 Å². The summed E-state index contributed by atoms with van der Waals surface area (Å²) < 4.78 is 13.1. The van der Waals surface area contributed by atoms with Gasteiger partial charge in [-0.25, -0.2) is 4.98 Å². The maximum Gasteiger partial charge on any atom is 0.272 e. The van der Waals surface area contributed by atoms with Crippen LogP contribution in [0.1, 0.15) is 40.2 Å². The van der Waals surface area contributed by atoms with Gasteiger partial charge in [-0.1, -0.05) is 30.3 Å². The SMILES string of the molecule is Cn1nc(-c2ccccc2)cc1C(=O)N1CCc2oc(C3CCOC3)nc2C1. The number of benzene rings is 1. The van der Waals surface area contributed by atoms with Crippen LogP contribution in [0.5, 0.6) is 0 Å². The van der Waals surface area contributed by atoms with Crippen LogP contribution >= 0.6 is 0 Å². The first-order valence-electron chi connectivity index (χ1n) is 9.64. The quantitative estimate of drug-likeness (QED) is 0.701.